The lowest BCUT2D eigenvalue weighted by Crippen LogP contribution is -2.49. The van der Waals surface area contributed by atoms with E-state index in [1.165, 1.54) is 38.5 Å². The highest BCUT2D eigenvalue weighted by molar-refractivity contribution is 4.88. The fraction of sp³-hybridized carbons (Fsp3) is 1.00. The number of aliphatic hydroxyl groups excluding tert-OH is 1. The molecule has 0 aromatic rings. The summed E-state index contributed by atoms with van der Waals surface area (Å²) in [4.78, 5) is 0. The predicted octanol–water partition coefficient (Wildman–Crippen LogP) is 1.93. The fourth-order valence-corrected chi connectivity index (χ4v) is 2.83. The minimum absolute atomic E-state index is 0.387. The molecule has 0 saturated heterocycles. The number of hydrogen-bond donors (Lipinski definition) is 2. The zero-order chi connectivity index (χ0) is 9.97. The van der Waals surface area contributed by atoms with Crippen LogP contribution in [0.25, 0.3) is 0 Å². The summed E-state index contributed by atoms with van der Waals surface area (Å²) in [5.74, 6) is 1.45. The summed E-state index contributed by atoms with van der Waals surface area (Å²) in [5, 5.41) is 12.9. The van der Waals surface area contributed by atoms with Crippen LogP contribution in [-0.4, -0.2) is 23.8 Å². The van der Waals surface area contributed by atoms with E-state index >= 15 is 0 Å². The van der Waals surface area contributed by atoms with E-state index in [1.54, 1.807) is 0 Å². The molecular weight excluding hydrogens is 174 g/mol. The molecule has 4 unspecified atom stereocenters. The van der Waals surface area contributed by atoms with Crippen molar-refractivity contribution in [3.63, 3.8) is 0 Å². The Hall–Kier alpha value is -0.0800. The molecule has 2 aliphatic rings. The van der Waals surface area contributed by atoms with Crippen LogP contribution in [0, 0.1) is 11.8 Å². The summed E-state index contributed by atoms with van der Waals surface area (Å²) in [6.45, 7) is 2.73. The number of rotatable bonds is 3. The van der Waals surface area contributed by atoms with Crippen molar-refractivity contribution in [1.82, 2.24) is 5.32 Å². The molecule has 2 saturated carbocycles. The lowest BCUT2D eigenvalue weighted by Gasteiger charge is -2.40. The Balaban J connectivity index is 1.74. The molecule has 0 aromatic carbocycles. The quantitative estimate of drug-likeness (QED) is 0.724. The second kappa shape index (κ2) is 4.63. The molecule has 0 radical (unpaired) electrons. The van der Waals surface area contributed by atoms with Crippen LogP contribution in [-0.2, 0) is 0 Å². The molecule has 2 heteroatoms. The van der Waals surface area contributed by atoms with E-state index in [-0.39, 0.29) is 0 Å². The molecular formula is C12H23NO. The molecule has 2 rings (SSSR count). The SMILES string of the molecule is CC1CCC1NC1CCCC(CO)C1. The average molecular weight is 197 g/mol. The summed E-state index contributed by atoms with van der Waals surface area (Å²) in [5.41, 5.74) is 0. The molecule has 2 nitrogen and oxygen atoms in total. The van der Waals surface area contributed by atoms with Crippen LogP contribution in [0.4, 0.5) is 0 Å². The molecule has 0 aliphatic heterocycles. The van der Waals surface area contributed by atoms with E-state index in [1.807, 2.05) is 0 Å². The molecule has 0 amide bonds. The van der Waals surface area contributed by atoms with Gasteiger partial charge in [-0.3, -0.25) is 0 Å². The monoisotopic (exact) mass is 197 g/mol. The summed E-state index contributed by atoms with van der Waals surface area (Å²) in [7, 11) is 0. The molecule has 4 atom stereocenters. The summed E-state index contributed by atoms with van der Waals surface area (Å²) in [6, 6.07) is 1.46. The highest BCUT2D eigenvalue weighted by Crippen LogP contribution is 2.30. The van der Waals surface area contributed by atoms with E-state index < -0.39 is 0 Å². The van der Waals surface area contributed by atoms with E-state index in [4.69, 9.17) is 5.11 Å². The van der Waals surface area contributed by atoms with Gasteiger partial charge in [0, 0.05) is 18.7 Å². The van der Waals surface area contributed by atoms with Gasteiger partial charge in [-0.1, -0.05) is 13.3 Å². The fourth-order valence-electron chi connectivity index (χ4n) is 2.83. The van der Waals surface area contributed by atoms with Gasteiger partial charge in [0.2, 0.25) is 0 Å². The first-order valence-electron chi connectivity index (χ1n) is 6.16. The average Bonchev–Trinajstić information content (AvgIpc) is 2.24. The second-order valence-electron chi connectivity index (χ2n) is 5.24. The topological polar surface area (TPSA) is 32.3 Å². The van der Waals surface area contributed by atoms with E-state index in [9.17, 15) is 0 Å². The minimum Gasteiger partial charge on any atom is -0.396 e. The Morgan fingerprint density at radius 3 is 2.64 bits per heavy atom. The van der Waals surface area contributed by atoms with Crippen LogP contribution < -0.4 is 5.32 Å². The Labute approximate surface area is 87.1 Å². The minimum atomic E-state index is 0.387. The van der Waals surface area contributed by atoms with Gasteiger partial charge in [-0.25, -0.2) is 0 Å². The van der Waals surface area contributed by atoms with Gasteiger partial charge in [0.1, 0.15) is 0 Å². The third kappa shape index (κ3) is 2.29. The Bertz CT molecular complexity index is 183. The van der Waals surface area contributed by atoms with Crippen LogP contribution in [0.5, 0.6) is 0 Å². The standard InChI is InChI=1S/C12H23NO/c1-9-5-6-12(9)13-11-4-2-3-10(7-11)8-14/h9-14H,2-8H2,1H3. The van der Waals surface area contributed by atoms with Crippen molar-refractivity contribution < 1.29 is 5.11 Å². The highest BCUT2D eigenvalue weighted by Gasteiger charge is 2.30. The molecule has 14 heavy (non-hydrogen) atoms. The maximum Gasteiger partial charge on any atom is 0.0459 e. The van der Waals surface area contributed by atoms with Crippen LogP contribution in [0.15, 0.2) is 0 Å². The van der Waals surface area contributed by atoms with Gasteiger partial charge in [-0.2, -0.15) is 0 Å². The maximum atomic E-state index is 9.14. The number of aliphatic hydroxyl groups is 1. The van der Waals surface area contributed by atoms with Crippen molar-refractivity contribution in [2.24, 2.45) is 11.8 Å². The third-order valence-electron chi connectivity index (χ3n) is 4.11. The van der Waals surface area contributed by atoms with Crippen LogP contribution in [0.3, 0.4) is 0 Å². The number of hydrogen-bond acceptors (Lipinski definition) is 2. The molecule has 2 N–H and O–H groups in total. The summed E-state index contributed by atoms with van der Waals surface area (Å²) in [6.07, 6.45) is 7.80. The molecule has 0 bridgehead atoms. The second-order valence-corrected chi connectivity index (χ2v) is 5.24. The summed E-state index contributed by atoms with van der Waals surface area (Å²) >= 11 is 0. The van der Waals surface area contributed by atoms with Gasteiger partial charge >= 0.3 is 0 Å². The van der Waals surface area contributed by atoms with Gasteiger partial charge < -0.3 is 10.4 Å². The van der Waals surface area contributed by atoms with Gasteiger partial charge in [0.25, 0.3) is 0 Å². The van der Waals surface area contributed by atoms with Crippen molar-refractivity contribution in [3.05, 3.63) is 0 Å². The molecule has 0 heterocycles. The van der Waals surface area contributed by atoms with E-state index in [0.29, 0.717) is 18.6 Å². The van der Waals surface area contributed by atoms with Gasteiger partial charge in [-0.15, -0.1) is 0 Å². The highest BCUT2D eigenvalue weighted by atomic mass is 16.3. The zero-order valence-corrected chi connectivity index (χ0v) is 9.21. The molecule has 2 aliphatic carbocycles. The van der Waals surface area contributed by atoms with Crippen LogP contribution in [0.1, 0.15) is 45.4 Å². The smallest absolute Gasteiger partial charge is 0.0459 e. The maximum absolute atomic E-state index is 9.14. The van der Waals surface area contributed by atoms with E-state index in [2.05, 4.69) is 12.2 Å². The Morgan fingerprint density at radius 2 is 2.07 bits per heavy atom. The van der Waals surface area contributed by atoms with Gasteiger partial charge in [0.15, 0.2) is 0 Å². The first-order chi connectivity index (χ1) is 6.79. The van der Waals surface area contributed by atoms with Gasteiger partial charge in [-0.05, 0) is 43.9 Å². The van der Waals surface area contributed by atoms with Crippen LogP contribution in [0.2, 0.25) is 0 Å². The van der Waals surface area contributed by atoms with Crippen molar-refractivity contribution in [2.45, 2.75) is 57.5 Å². The first-order valence-corrected chi connectivity index (χ1v) is 6.16. The van der Waals surface area contributed by atoms with E-state index in [0.717, 1.165) is 12.0 Å². The number of nitrogens with one attached hydrogen (secondary N) is 1. The van der Waals surface area contributed by atoms with Crippen molar-refractivity contribution in [3.8, 4) is 0 Å². The van der Waals surface area contributed by atoms with Crippen LogP contribution >= 0.6 is 0 Å². The Morgan fingerprint density at radius 1 is 1.21 bits per heavy atom. The van der Waals surface area contributed by atoms with Crippen molar-refractivity contribution in [1.29, 1.82) is 0 Å². The van der Waals surface area contributed by atoms with Crippen molar-refractivity contribution >= 4 is 0 Å². The normalized spacial score (nSPS) is 43.3. The summed E-state index contributed by atoms with van der Waals surface area (Å²) < 4.78 is 0. The van der Waals surface area contributed by atoms with Crippen molar-refractivity contribution in [2.75, 3.05) is 6.61 Å². The molecule has 2 fully saturated rings. The predicted molar refractivity (Wildman–Crippen MR) is 58.2 cm³/mol. The van der Waals surface area contributed by atoms with Gasteiger partial charge in [0.05, 0.1) is 0 Å². The zero-order valence-electron chi connectivity index (χ0n) is 9.21. The lowest BCUT2D eigenvalue weighted by molar-refractivity contribution is 0.141. The molecule has 0 spiro atoms. The Kier molecular flexibility index (Phi) is 3.45. The lowest BCUT2D eigenvalue weighted by atomic mass is 9.79. The molecule has 0 aromatic heterocycles. The third-order valence-corrected chi connectivity index (χ3v) is 4.11. The first kappa shape index (κ1) is 10.4. The molecule has 82 valence electrons. The largest absolute Gasteiger partial charge is 0.396 e.